The van der Waals surface area contributed by atoms with Gasteiger partial charge in [0.1, 0.15) is 0 Å². The molecule has 0 spiro atoms. The third-order valence-electron chi connectivity index (χ3n) is 5.36. The van der Waals surface area contributed by atoms with Crippen LogP contribution in [0.5, 0.6) is 0 Å². The maximum absolute atomic E-state index is 12.7. The van der Waals surface area contributed by atoms with E-state index in [1.807, 2.05) is 23.5 Å². The molecule has 1 aliphatic carbocycles. The zero-order chi connectivity index (χ0) is 17.6. The second-order valence-electron chi connectivity index (χ2n) is 7.19. The van der Waals surface area contributed by atoms with E-state index >= 15 is 0 Å². The summed E-state index contributed by atoms with van der Waals surface area (Å²) in [5.74, 6) is 1.74. The zero-order valence-corrected chi connectivity index (χ0v) is 16.6. The fraction of sp³-hybridized carbons (Fsp3) is 0.381. The highest BCUT2D eigenvalue weighted by Gasteiger charge is 2.27. The fourth-order valence-electron chi connectivity index (χ4n) is 3.62. The van der Waals surface area contributed by atoms with E-state index in [4.69, 9.17) is 0 Å². The molecule has 0 saturated carbocycles. The van der Waals surface area contributed by atoms with E-state index < -0.39 is 0 Å². The lowest BCUT2D eigenvalue weighted by Crippen LogP contribution is -2.15. The molecule has 1 N–H and O–H groups in total. The third-order valence-corrected chi connectivity index (χ3v) is 7.65. The van der Waals surface area contributed by atoms with E-state index in [1.165, 1.54) is 35.3 Å². The molecule has 130 valence electrons. The summed E-state index contributed by atoms with van der Waals surface area (Å²) in [5.41, 5.74) is 6.32. The molecule has 0 bridgehead atoms. The van der Waals surface area contributed by atoms with Crippen LogP contribution in [0.1, 0.15) is 45.4 Å². The molecule has 1 amide bonds. The Labute approximate surface area is 157 Å². The number of rotatable bonds is 2. The van der Waals surface area contributed by atoms with Crippen molar-refractivity contribution in [2.75, 3.05) is 5.32 Å². The first kappa shape index (κ1) is 16.9. The molecule has 2 heterocycles. The number of thiophene rings is 1. The number of hydrogen-bond acceptors (Lipinski definition) is 3. The lowest BCUT2D eigenvalue weighted by molar-refractivity contribution is -0.112. The Bertz CT molecular complexity index is 878. The standard InChI is InChI=1S/C21H23NOS2/c1-12-7-8-15-16-11-24-20(10-19(16)25-18(15)9-12)21(23)22-17-6-4-5-13(2)14(17)3/h4-6,10,12H,7-9,11H2,1-3H3,(H,22,23)/t12-/m0/s1. The Kier molecular flexibility index (Phi) is 4.50. The number of aryl methyl sites for hydroxylation is 1. The SMILES string of the molecule is Cc1cccc(NC(=O)C2=Cc3sc4c(c3CS2)CC[C@H](C)C4)c1C. The van der Waals surface area contributed by atoms with Crippen LogP contribution >= 0.6 is 23.1 Å². The smallest absolute Gasteiger partial charge is 0.262 e. The van der Waals surface area contributed by atoms with Crippen molar-refractivity contribution in [2.45, 2.75) is 45.8 Å². The van der Waals surface area contributed by atoms with Gasteiger partial charge in [0, 0.05) is 21.2 Å². The molecule has 2 aliphatic rings. The number of carbonyl (C=O) groups excluding carboxylic acids is 1. The van der Waals surface area contributed by atoms with Crippen molar-refractivity contribution in [3.05, 3.63) is 55.1 Å². The van der Waals surface area contributed by atoms with E-state index in [2.05, 4.69) is 38.2 Å². The van der Waals surface area contributed by atoms with Gasteiger partial charge in [-0.15, -0.1) is 23.1 Å². The van der Waals surface area contributed by atoms with E-state index in [9.17, 15) is 4.79 Å². The minimum absolute atomic E-state index is 0.0177. The van der Waals surface area contributed by atoms with Gasteiger partial charge in [0.15, 0.2) is 0 Å². The number of carbonyl (C=O) groups is 1. The first-order chi connectivity index (χ1) is 12.0. The molecule has 0 radical (unpaired) electrons. The molecule has 1 aromatic heterocycles. The van der Waals surface area contributed by atoms with Crippen LogP contribution in [0.3, 0.4) is 0 Å². The molecule has 1 aromatic carbocycles. The van der Waals surface area contributed by atoms with Crippen molar-refractivity contribution in [3.63, 3.8) is 0 Å². The van der Waals surface area contributed by atoms with Gasteiger partial charge in [-0.05, 0) is 73.4 Å². The van der Waals surface area contributed by atoms with E-state index in [1.54, 1.807) is 22.2 Å². The van der Waals surface area contributed by atoms with Crippen LogP contribution in [-0.2, 0) is 23.4 Å². The van der Waals surface area contributed by atoms with Crippen LogP contribution < -0.4 is 5.32 Å². The quantitative estimate of drug-likeness (QED) is 0.734. The van der Waals surface area contributed by atoms with Gasteiger partial charge >= 0.3 is 0 Å². The fourth-order valence-corrected chi connectivity index (χ4v) is 6.28. The van der Waals surface area contributed by atoms with Gasteiger partial charge < -0.3 is 5.32 Å². The van der Waals surface area contributed by atoms with Crippen LogP contribution in [0.2, 0.25) is 0 Å². The maximum Gasteiger partial charge on any atom is 0.262 e. The summed E-state index contributed by atoms with van der Waals surface area (Å²) in [7, 11) is 0. The molecule has 2 aromatic rings. The summed E-state index contributed by atoms with van der Waals surface area (Å²) in [6.07, 6.45) is 5.82. The first-order valence-electron chi connectivity index (χ1n) is 8.88. The predicted molar refractivity (Wildman–Crippen MR) is 109 cm³/mol. The second-order valence-corrected chi connectivity index (χ2v) is 9.35. The minimum Gasteiger partial charge on any atom is -0.321 e. The highest BCUT2D eigenvalue weighted by molar-refractivity contribution is 8.03. The van der Waals surface area contributed by atoms with Gasteiger partial charge in [-0.3, -0.25) is 4.79 Å². The van der Waals surface area contributed by atoms with Crippen molar-refractivity contribution in [3.8, 4) is 0 Å². The molecule has 4 heteroatoms. The first-order valence-corrected chi connectivity index (χ1v) is 10.7. The summed E-state index contributed by atoms with van der Waals surface area (Å²) in [6, 6.07) is 6.04. The molecule has 1 aliphatic heterocycles. The summed E-state index contributed by atoms with van der Waals surface area (Å²) in [5, 5.41) is 3.10. The Morgan fingerprint density at radius 3 is 2.92 bits per heavy atom. The summed E-state index contributed by atoms with van der Waals surface area (Å²) < 4.78 is 0. The molecule has 4 rings (SSSR count). The minimum atomic E-state index is 0.0177. The molecule has 2 nitrogen and oxygen atoms in total. The van der Waals surface area contributed by atoms with Gasteiger partial charge in [-0.2, -0.15) is 0 Å². The molecule has 0 fully saturated rings. The van der Waals surface area contributed by atoms with Crippen LogP contribution in [-0.4, -0.2) is 5.91 Å². The van der Waals surface area contributed by atoms with Gasteiger partial charge in [-0.25, -0.2) is 0 Å². The van der Waals surface area contributed by atoms with Crippen molar-refractivity contribution >= 4 is 40.8 Å². The van der Waals surface area contributed by atoms with E-state index in [0.29, 0.717) is 0 Å². The lowest BCUT2D eigenvalue weighted by atomic mass is 9.88. The lowest BCUT2D eigenvalue weighted by Gasteiger charge is -2.20. The van der Waals surface area contributed by atoms with Crippen molar-refractivity contribution < 1.29 is 4.79 Å². The summed E-state index contributed by atoms with van der Waals surface area (Å²) >= 11 is 3.58. The predicted octanol–water partition coefficient (Wildman–Crippen LogP) is 5.72. The number of amides is 1. The molecular weight excluding hydrogens is 346 g/mol. The highest BCUT2D eigenvalue weighted by Crippen LogP contribution is 2.43. The van der Waals surface area contributed by atoms with Gasteiger partial charge in [0.2, 0.25) is 0 Å². The summed E-state index contributed by atoms with van der Waals surface area (Å²) in [6.45, 7) is 6.47. The molecule has 0 unspecified atom stereocenters. The Balaban J connectivity index is 1.59. The van der Waals surface area contributed by atoms with Crippen LogP contribution in [0.4, 0.5) is 5.69 Å². The summed E-state index contributed by atoms with van der Waals surface area (Å²) in [4.78, 5) is 16.4. The average molecular weight is 370 g/mol. The van der Waals surface area contributed by atoms with Crippen molar-refractivity contribution in [1.82, 2.24) is 0 Å². The monoisotopic (exact) mass is 369 g/mol. The number of nitrogens with one attached hydrogen (secondary N) is 1. The number of fused-ring (bicyclic) bond motifs is 3. The van der Waals surface area contributed by atoms with Crippen molar-refractivity contribution in [2.24, 2.45) is 5.92 Å². The Hall–Kier alpha value is -1.52. The normalized spacial score (nSPS) is 19.0. The van der Waals surface area contributed by atoms with E-state index in [-0.39, 0.29) is 5.91 Å². The number of thioether (sulfide) groups is 1. The number of hydrogen-bond donors (Lipinski definition) is 1. The molecule has 25 heavy (non-hydrogen) atoms. The molecule has 0 saturated heterocycles. The maximum atomic E-state index is 12.7. The molecule has 1 atom stereocenters. The second kappa shape index (κ2) is 6.65. The van der Waals surface area contributed by atoms with Gasteiger partial charge in [0.05, 0.1) is 4.91 Å². The van der Waals surface area contributed by atoms with Crippen LogP contribution in [0.25, 0.3) is 6.08 Å². The van der Waals surface area contributed by atoms with E-state index in [0.717, 1.165) is 27.8 Å². The van der Waals surface area contributed by atoms with Crippen LogP contribution in [0.15, 0.2) is 23.1 Å². The highest BCUT2D eigenvalue weighted by atomic mass is 32.2. The third kappa shape index (κ3) is 3.18. The number of anilines is 1. The van der Waals surface area contributed by atoms with Gasteiger partial charge in [-0.1, -0.05) is 19.1 Å². The Morgan fingerprint density at radius 2 is 2.08 bits per heavy atom. The topological polar surface area (TPSA) is 29.1 Å². The largest absolute Gasteiger partial charge is 0.321 e. The average Bonchev–Trinajstić information content (AvgIpc) is 2.95. The van der Waals surface area contributed by atoms with Gasteiger partial charge in [0.25, 0.3) is 5.91 Å². The zero-order valence-electron chi connectivity index (χ0n) is 14.9. The molecular formula is C21H23NOS2. The Morgan fingerprint density at radius 1 is 1.24 bits per heavy atom. The number of benzene rings is 1. The van der Waals surface area contributed by atoms with Crippen LogP contribution in [0, 0.1) is 19.8 Å². The van der Waals surface area contributed by atoms with Crippen molar-refractivity contribution in [1.29, 1.82) is 0 Å².